The normalized spacial score (nSPS) is 14.1. The van der Waals surface area contributed by atoms with Gasteiger partial charge in [0.15, 0.2) is 0 Å². The number of carbonyl (C=O) groups is 4. The summed E-state index contributed by atoms with van der Waals surface area (Å²) in [6.07, 6.45) is 1.29. The summed E-state index contributed by atoms with van der Waals surface area (Å²) in [5.41, 5.74) is 1.80. The number of hydrogen-bond acceptors (Lipinski definition) is 5. The molecule has 32 heavy (non-hydrogen) atoms. The summed E-state index contributed by atoms with van der Waals surface area (Å²) in [6.45, 7) is 0.404. The molecule has 0 saturated carbocycles. The molecule has 2 aromatic carbocycles. The van der Waals surface area contributed by atoms with Crippen molar-refractivity contribution in [3.63, 3.8) is 0 Å². The van der Waals surface area contributed by atoms with E-state index < -0.39 is 23.8 Å². The number of benzene rings is 2. The second kappa shape index (κ2) is 10.8. The summed E-state index contributed by atoms with van der Waals surface area (Å²) in [7, 11) is 1.27. The molecule has 2 N–H and O–H groups in total. The van der Waals surface area contributed by atoms with E-state index in [1.54, 1.807) is 53.4 Å². The van der Waals surface area contributed by atoms with Crippen molar-refractivity contribution in [1.82, 2.24) is 10.6 Å². The molecule has 1 unspecified atom stereocenters. The molecule has 3 amide bonds. The van der Waals surface area contributed by atoms with Gasteiger partial charge in [-0.15, -0.1) is 0 Å². The Morgan fingerprint density at radius 1 is 1.09 bits per heavy atom. The number of nitrogens with zero attached hydrogens (tertiary/aromatic N) is 1. The molecule has 1 atom stereocenters. The van der Waals surface area contributed by atoms with Gasteiger partial charge in [0.25, 0.3) is 5.91 Å². The topological polar surface area (TPSA) is 105 Å². The molecule has 1 fully saturated rings. The molecule has 168 valence electrons. The largest absolute Gasteiger partial charge is 0.469 e. The van der Waals surface area contributed by atoms with Crippen LogP contribution in [0.1, 0.15) is 41.2 Å². The maximum atomic E-state index is 12.4. The Hall–Kier alpha value is -3.39. The number of esters is 1. The zero-order chi connectivity index (χ0) is 23.1. The van der Waals surface area contributed by atoms with E-state index in [-0.39, 0.29) is 18.9 Å². The third kappa shape index (κ3) is 6.07. The Balaban J connectivity index is 1.57. The van der Waals surface area contributed by atoms with Gasteiger partial charge in [-0.1, -0.05) is 23.7 Å². The van der Waals surface area contributed by atoms with Crippen LogP contribution in [0.15, 0.2) is 48.5 Å². The van der Waals surface area contributed by atoms with Crippen molar-refractivity contribution in [1.29, 1.82) is 0 Å². The van der Waals surface area contributed by atoms with Crippen LogP contribution in [0.25, 0.3) is 0 Å². The molecule has 9 heteroatoms. The van der Waals surface area contributed by atoms with E-state index in [9.17, 15) is 19.2 Å². The summed E-state index contributed by atoms with van der Waals surface area (Å²) in [5.74, 6) is -1.29. The highest BCUT2D eigenvalue weighted by molar-refractivity contribution is 6.30. The lowest BCUT2D eigenvalue weighted by atomic mass is 10.0. The number of nitrogens with one attached hydrogen (secondary N) is 2. The van der Waals surface area contributed by atoms with E-state index in [2.05, 4.69) is 10.6 Å². The SMILES string of the molecule is COC(=O)CC(NC(=O)CNC(=O)c1ccc(N2CCCC2=O)cc1)c1ccc(Cl)cc1. The predicted octanol–water partition coefficient (Wildman–Crippen LogP) is 2.62. The van der Waals surface area contributed by atoms with Gasteiger partial charge in [-0.05, 0) is 48.4 Å². The first-order valence-electron chi connectivity index (χ1n) is 10.2. The fourth-order valence-electron chi connectivity index (χ4n) is 3.42. The Kier molecular flexibility index (Phi) is 7.83. The van der Waals surface area contributed by atoms with Crippen LogP contribution in [0.4, 0.5) is 5.69 Å². The van der Waals surface area contributed by atoms with Gasteiger partial charge in [0, 0.05) is 29.2 Å². The third-order valence-electron chi connectivity index (χ3n) is 5.13. The fraction of sp³-hybridized carbons (Fsp3) is 0.304. The Labute approximate surface area is 190 Å². The van der Waals surface area contributed by atoms with E-state index in [1.165, 1.54) is 7.11 Å². The van der Waals surface area contributed by atoms with E-state index in [0.717, 1.165) is 12.1 Å². The van der Waals surface area contributed by atoms with Gasteiger partial charge < -0.3 is 20.3 Å². The average molecular weight is 458 g/mol. The van der Waals surface area contributed by atoms with Crippen LogP contribution in [0.2, 0.25) is 5.02 Å². The molecule has 3 rings (SSSR count). The van der Waals surface area contributed by atoms with Crippen LogP contribution < -0.4 is 15.5 Å². The maximum Gasteiger partial charge on any atom is 0.307 e. The van der Waals surface area contributed by atoms with Crippen LogP contribution in [-0.2, 0) is 19.1 Å². The lowest BCUT2D eigenvalue weighted by Crippen LogP contribution is -2.39. The fourth-order valence-corrected chi connectivity index (χ4v) is 3.55. The van der Waals surface area contributed by atoms with Gasteiger partial charge in [0.1, 0.15) is 0 Å². The third-order valence-corrected chi connectivity index (χ3v) is 5.38. The van der Waals surface area contributed by atoms with Gasteiger partial charge in [-0.25, -0.2) is 0 Å². The van der Waals surface area contributed by atoms with Crippen LogP contribution in [0.3, 0.4) is 0 Å². The predicted molar refractivity (Wildman–Crippen MR) is 119 cm³/mol. The number of anilines is 1. The van der Waals surface area contributed by atoms with Crippen LogP contribution >= 0.6 is 11.6 Å². The number of halogens is 1. The quantitative estimate of drug-likeness (QED) is 0.593. The lowest BCUT2D eigenvalue weighted by Gasteiger charge is -2.19. The number of hydrogen-bond donors (Lipinski definition) is 2. The average Bonchev–Trinajstić information content (AvgIpc) is 3.23. The first-order valence-corrected chi connectivity index (χ1v) is 10.6. The standard InChI is InChI=1S/C23H24ClN3O5/c1-32-22(30)13-19(15-4-8-17(24)9-5-15)26-20(28)14-25-23(31)16-6-10-18(11-7-16)27-12-2-3-21(27)29/h4-11,19H,2-3,12-14H2,1H3,(H,25,31)(H,26,28). The van der Waals surface area contributed by atoms with E-state index in [0.29, 0.717) is 29.1 Å². The van der Waals surface area contributed by atoms with E-state index >= 15 is 0 Å². The smallest absolute Gasteiger partial charge is 0.307 e. The van der Waals surface area contributed by atoms with Gasteiger partial charge in [-0.2, -0.15) is 0 Å². The maximum absolute atomic E-state index is 12.4. The summed E-state index contributed by atoms with van der Waals surface area (Å²) < 4.78 is 4.71. The number of amides is 3. The monoisotopic (exact) mass is 457 g/mol. The highest BCUT2D eigenvalue weighted by Crippen LogP contribution is 2.22. The Morgan fingerprint density at radius 3 is 2.38 bits per heavy atom. The summed E-state index contributed by atoms with van der Waals surface area (Å²) >= 11 is 5.91. The van der Waals surface area contributed by atoms with Gasteiger partial charge >= 0.3 is 5.97 Å². The second-order valence-corrected chi connectivity index (χ2v) is 7.77. The molecular weight excluding hydrogens is 434 g/mol. The van der Waals surface area contributed by atoms with Crippen molar-refractivity contribution >= 4 is 41.0 Å². The van der Waals surface area contributed by atoms with Crippen molar-refractivity contribution < 1.29 is 23.9 Å². The molecule has 0 aromatic heterocycles. The van der Waals surface area contributed by atoms with Crippen LogP contribution in [-0.4, -0.2) is 43.9 Å². The van der Waals surface area contributed by atoms with Crippen molar-refractivity contribution in [2.75, 3.05) is 25.1 Å². The number of ether oxygens (including phenoxy) is 1. The zero-order valence-electron chi connectivity index (χ0n) is 17.6. The van der Waals surface area contributed by atoms with Gasteiger partial charge in [0.2, 0.25) is 11.8 Å². The molecule has 8 nitrogen and oxygen atoms in total. The molecule has 0 bridgehead atoms. The van der Waals surface area contributed by atoms with E-state index in [4.69, 9.17) is 16.3 Å². The minimum Gasteiger partial charge on any atom is -0.469 e. The molecular formula is C23H24ClN3O5. The summed E-state index contributed by atoms with van der Waals surface area (Å²) in [6, 6.07) is 12.8. The first-order chi connectivity index (χ1) is 15.4. The number of rotatable bonds is 8. The molecule has 0 spiro atoms. The van der Waals surface area contributed by atoms with Crippen molar-refractivity contribution in [3.05, 3.63) is 64.7 Å². The zero-order valence-corrected chi connectivity index (χ0v) is 18.4. The highest BCUT2D eigenvalue weighted by atomic mass is 35.5. The molecule has 1 heterocycles. The molecule has 1 aliphatic heterocycles. The van der Waals surface area contributed by atoms with Crippen molar-refractivity contribution in [3.8, 4) is 0 Å². The van der Waals surface area contributed by atoms with Crippen LogP contribution in [0, 0.1) is 0 Å². The first kappa shape index (κ1) is 23.3. The van der Waals surface area contributed by atoms with Crippen LogP contribution in [0.5, 0.6) is 0 Å². The molecule has 0 radical (unpaired) electrons. The van der Waals surface area contributed by atoms with Gasteiger partial charge in [0.05, 0.1) is 26.1 Å². The minimum atomic E-state index is -0.624. The minimum absolute atomic E-state index is 0.0610. The highest BCUT2D eigenvalue weighted by Gasteiger charge is 2.22. The molecule has 1 aliphatic rings. The van der Waals surface area contributed by atoms with E-state index in [1.807, 2.05) is 0 Å². The molecule has 2 aromatic rings. The lowest BCUT2D eigenvalue weighted by molar-refractivity contribution is -0.141. The number of carbonyl (C=O) groups excluding carboxylic acids is 4. The van der Waals surface area contributed by atoms with Crippen molar-refractivity contribution in [2.24, 2.45) is 0 Å². The summed E-state index contributed by atoms with van der Waals surface area (Å²) in [5, 5.41) is 5.83. The van der Waals surface area contributed by atoms with Gasteiger partial charge in [-0.3, -0.25) is 19.2 Å². The Morgan fingerprint density at radius 2 is 1.78 bits per heavy atom. The molecule has 1 saturated heterocycles. The van der Waals surface area contributed by atoms with Crippen molar-refractivity contribution in [2.45, 2.75) is 25.3 Å². The second-order valence-electron chi connectivity index (χ2n) is 7.33. The number of methoxy groups -OCH3 is 1. The summed E-state index contributed by atoms with van der Waals surface area (Å²) in [4.78, 5) is 50.1. The Bertz CT molecular complexity index is 992. The molecule has 0 aliphatic carbocycles.